The fraction of sp³-hybridized carbons (Fsp3) is 0.545. The van der Waals surface area contributed by atoms with E-state index in [0.717, 1.165) is 13.8 Å². The molecule has 3 fully saturated rings. The average molecular weight is 820 g/mol. The van der Waals surface area contributed by atoms with Gasteiger partial charge in [0.1, 0.15) is 23.9 Å². The Morgan fingerprint density at radius 2 is 1.49 bits per heavy atom. The van der Waals surface area contributed by atoms with Gasteiger partial charge >= 0.3 is 29.8 Å². The van der Waals surface area contributed by atoms with Crippen molar-refractivity contribution in [3.8, 4) is 0 Å². The average Bonchev–Trinajstić information content (AvgIpc) is 3.18. The minimum absolute atomic E-state index is 0.0217. The topological polar surface area (TPSA) is 224 Å². The third kappa shape index (κ3) is 7.25. The standard InChI is InChI=1S/C44H53NO14/c1-22(2)38(50)57-34(32(45)26-15-11-9-12-16-26)40(52)56-28-20-44(53)37(58-39(51)27-17-13-10-14-18-27)35-42(8,29(48)19-30-43(35,21-54-30)59-25(5)47)36(49)33(55-24(4)46)31(23(28)3)41(44,6)7/h9-18,22,28-30,32-35,37,48,53H,19-21,45H2,1-8H3/t28-,29-,30+,32-,33+,34+,35-,37-,42+,43-,44+/m0/s1. The van der Waals surface area contributed by atoms with Crippen LogP contribution in [0.5, 0.6) is 0 Å². The van der Waals surface area contributed by atoms with Crippen LogP contribution in [0.25, 0.3) is 0 Å². The predicted octanol–water partition coefficient (Wildman–Crippen LogP) is 3.47. The van der Waals surface area contributed by atoms with Crippen molar-refractivity contribution in [3.05, 3.63) is 82.9 Å². The second kappa shape index (κ2) is 15.9. The van der Waals surface area contributed by atoms with Crippen molar-refractivity contribution in [3.63, 3.8) is 0 Å². The maximum atomic E-state index is 15.5. The van der Waals surface area contributed by atoms with Gasteiger partial charge in [-0.3, -0.25) is 19.2 Å². The zero-order valence-corrected chi connectivity index (χ0v) is 34.5. The third-order valence-electron chi connectivity index (χ3n) is 12.9. The quantitative estimate of drug-likeness (QED) is 0.177. The van der Waals surface area contributed by atoms with Gasteiger partial charge in [-0.15, -0.1) is 0 Å². The molecule has 0 spiro atoms. The number of hydrogen-bond donors (Lipinski definition) is 3. The first-order chi connectivity index (χ1) is 27.6. The Hall–Kier alpha value is -4.96. The fourth-order valence-electron chi connectivity index (χ4n) is 9.60. The number of aliphatic hydroxyl groups excluding tert-OH is 1. The highest BCUT2D eigenvalue weighted by Gasteiger charge is 2.78. The van der Waals surface area contributed by atoms with E-state index in [0.29, 0.717) is 5.56 Å². The van der Waals surface area contributed by atoms with E-state index in [4.69, 9.17) is 34.2 Å². The number of Topliss-reactive ketones (excluding diaryl/α,β-unsaturated/α-hetero) is 1. The highest BCUT2D eigenvalue weighted by molar-refractivity contribution is 5.95. The van der Waals surface area contributed by atoms with Gasteiger partial charge in [-0.2, -0.15) is 0 Å². The lowest BCUT2D eigenvalue weighted by atomic mass is 9.44. The molecular weight excluding hydrogens is 766 g/mol. The summed E-state index contributed by atoms with van der Waals surface area (Å²) in [7, 11) is 0. The second-order valence-corrected chi connectivity index (χ2v) is 17.1. The second-order valence-electron chi connectivity index (χ2n) is 17.1. The molecule has 1 aliphatic heterocycles. The van der Waals surface area contributed by atoms with E-state index in [-0.39, 0.29) is 29.7 Å². The lowest BCUT2D eigenvalue weighted by Crippen LogP contribution is -2.82. The number of hydrogen-bond acceptors (Lipinski definition) is 15. The van der Waals surface area contributed by atoms with E-state index < -0.39 is 119 Å². The maximum absolute atomic E-state index is 15.5. The molecule has 2 saturated carbocycles. The van der Waals surface area contributed by atoms with Gasteiger partial charge in [0.05, 0.1) is 41.6 Å². The normalized spacial score (nSPS) is 33.1. The largest absolute Gasteiger partial charge is 0.455 e. The minimum Gasteiger partial charge on any atom is -0.455 e. The third-order valence-corrected chi connectivity index (χ3v) is 12.9. The van der Waals surface area contributed by atoms with Crippen molar-refractivity contribution < 1.29 is 67.4 Å². The van der Waals surface area contributed by atoms with Crippen molar-refractivity contribution >= 4 is 35.6 Å². The smallest absolute Gasteiger partial charge is 0.350 e. The minimum atomic E-state index is -2.36. The zero-order chi connectivity index (χ0) is 43.4. The molecule has 59 heavy (non-hydrogen) atoms. The SMILES string of the molecule is CC(=O)O[C@H]1C(=O)[C@@]2(C)[C@H]([C@H](OC(=O)c3ccccc3)[C@]3(O)C[C@H](OC(=O)[C@H](OC(=O)C(C)C)[C@@H](N)c4ccccc4)C(C)=C1C3(C)C)[C@]1(OC(C)=O)CO[C@@H]1C[C@@H]2O. The van der Waals surface area contributed by atoms with Gasteiger partial charge in [0, 0.05) is 32.1 Å². The molecule has 4 aliphatic rings. The molecule has 0 amide bonds. The molecule has 4 N–H and O–H groups in total. The van der Waals surface area contributed by atoms with E-state index in [2.05, 4.69) is 0 Å². The number of benzene rings is 2. The molecule has 6 rings (SSSR count). The number of carbonyl (C=O) groups is 6. The fourth-order valence-corrected chi connectivity index (χ4v) is 9.60. The number of rotatable bonds is 10. The van der Waals surface area contributed by atoms with Crippen LogP contribution in [0.2, 0.25) is 0 Å². The van der Waals surface area contributed by atoms with E-state index in [1.54, 1.807) is 83.1 Å². The van der Waals surface area contributed by atoms with Crippen LogP contribution in [0.3, 0.4) is 0 Å². The van der Waals surface area contributed by atoms with Crippen LogP contribution in [0.15, 0.2) is 71.8 Å². The van der Waals surface area contributed by atoms with E-state index in [9.17, 15) is 34.2 Å². The van der Waals surface area contributed by atoms with Gasteiger partial charge in [-0.05, 0) is 42.7 Å². The van der Waals surface area contributed by atoms with Crippen molar-refractivity contribution in [1.29, 1.82) is 0 Å². The first kappa shape index (κ1) is 43.6. The van der Waals surface area contributed by atoms with Crippen molar-refractivity contribution in [1.82, 2.24) is 0 Å². The highest BCUT2D eigenvalue weighted by atomic mass is 16.6. The Kier molecular flexibility index (Phi) is 11.8. The van der Waals surface area contributed by atoms with Crippen LogP contribution in [-0.4, -0.2) is 100 Å². The van der Waals surface area contributed by atoms with Crippen molar-refractivity contribution in [2.24, 2.45) is 28.4 Å². The number of carbonyl (C=O) groups excluding carboxylic acids is 6. The number of esters is 5. The van der Waals surface area contributed by atoms with Gasteiger partial charge in [0.25, 0.3) is 0 Å². The first-order valence-corrected chi connectivity index (χ1v) is 19.7. The zero-order valence-electron chi connectivity index (χ0n) is 34.5. The lowest BCUT2D eigenvalue weighted by molar-refractivity contribution is -0.346. The summed E-state index contributed by atoms with van der Waals surface area (Å²) in [4.78, 5) is 83.0. The lowest BCUT2D eigenvalue weighted by Gasteiger charge is -2.67. The van der Waals surface area contributed by atoms with Gasteiger partial charge in [-0.25, -0.2) is 9.59 Å². The molecule has 11 atom stereocenters. The summed E-state index contributed by atoms with van der Waals surface area (Å²) in [6, 6.07) is 15.1. The van der Waals surface area contributed by atoms with E-state index >= 15 is 4.79 Å². The molecule has 15 heteroatoms. The molecule has 2 bridgehead atoms. The Balaban J connectivity index is 1.58. The van der Waals surface area contributed by atoms with Crippen LogP contribution in [0.4, 0.5) is 0 Å². The molecule has 15 nitrogen and oxygen atoms in total. The Labute approximate surface area is 342 Å². The molecular formula is C44H53NO14. The number of ether oxygens (including phenoxy) is 6. The molecule has 3 aliphatic carbocycles. The van der Waals surface area contributed by atoms with E-state index in [1.807, 2.05) is 0 Å². The van der Waals surface area contributed by atoms with Crippen LogP contribution < -0.4 is 5.73 Å². The van der Waals surface area contributed by atoms with Crippen LogP contribution in [0, 0.1) is 22.7 Å². The molecule has 1 saturated heterocycles. The number of ketones is 1. The summed E-state index contributed by atoms with van der Waals surface area (Å²) in [5, 5.41) is 25.7. The number of nitrogens with two attached hydrogens (primary N) is 1. The molecule has 318 valence electrons. The summed E-state index contributed by atoms with van der Waals surface area (Å²) in [5.74, 6) is -7.43. The number of aliphatic hydroxyl groups is 2. The van der Waals surface area contributed by atoms with Crippen molar-refractivity contribution in [2.45, 2.75) is 122 Å². The Bertz CT molecular complexity index is 2030. The summed E-state index contributed by atoms with van der Waals surface area (Å²) in [6.07, 6.45) is -10.00. The molecule has 0 aromatic heterocycles. The van der Waals surface area contributed by atoms with Gasteiger partial charge in [0.15, 0.2) is 17.5 Å². The van der Waals surface area contributed by atoms with Crippen LogP contribution in [0.1, 0.15) is 90.2 Å². The summed E-state index contributed by atoms with van der Waals surface area (Å²) < 4.78 is 36.0. The van der Waals surface area contributed by atoms with Crippen LogP contribution >= 0.6 is 0 Å². The van der Waals surface area contributed by atoms with Gasteiger partial charge in [0.2, 0.25) is 6.10 Å². The molecule has 0 unspecified atom stereocenters. The molecule has 2 aromatic carbocycles. The Morgan fingerprint density at radius 3 is 2.03 bits per heavy atom. The highest BCUT2D eigenvalue weighted by Crippen LogP contribution is 2.64. The van der Waals surface area contributed by atoms with Gasteiger partial charge in [-0.1, -0.05) is 76.2 Å². The van der Waals surface area contributed by atoms with Crippen molar-refractivity contribution in [2.75, 3.05) is 6.61 Å². The van der Waals surface area contributed by atoms with E-state index in [1.165, 1.54) is 19.1 Å². The maximum Gasteiger partial charge on any atom is 0.350 e. The predicted molar refractivity (Wildman–Crippen MR) is 207 cm³/mol. The molecule has 0 radical (unpaired) electrons. The summed E-state index contributed by atoms with van der Waals surface area (Å²) in [6.45, 7) is 11.2. The number of fused-ring (bicyclic) bond motifs is 5. The molecule has 1 heterocycles. The summed E-state index contributed by atoms with van der Waals surface area (Å²) in [5.41, 5.74) is -0.461. The summed E-state index contributed by atoms with van der Waals surface area (Å²) >= 11 is 0. The van der Waals surface area contributed by atoms with Gasteiger partial charge < -0.3 is 44.4 Å². The Morgan fingerprint density at radius 1 is 0.881 bits per heavy atom. The van der Waals surface area contributed by atoms with Crippen LogP contribution in [-0.2, 0) is 52.4 Å². The molecule has 2 aromatic rings. The monoisotopic (exact) mass is 819 g/mol. The first-order valence-electron chi connectivity index (χ1n) is 19.7.